The Morgan fingerprint density at radius 3 is 2.79 bits per heavy atom. The Labute approximate surface area is 114 Å². The molecule has 1 heterocycles. The summed E-state index contributed by atoms with van der Waals surface area (Å²) in [6.07, 6.45) is 2.17. The fourth-order valence-corrected chi connectivity index (χ4v) is 2.27. The predicted octanol–water partition coefficient (Wildman–Crippen LogP) is 1.10. The molecular formula is C15H23NO3. The lowest BCUT2D eigenvalue weighted by molar-refractivity contribution is -0.0112. The Morgan fingerprint density at radius 2 is 1.89 bits per heavy atom. The van der Waals surface area contributed by atoms with Crippen LogP contribution in [0.25, 0.3) is 0 Å². The van der Waals surface area contributed by atoms with Crippen LogP contribution in [0.3, 0.4) is 0 Å². The third-order valence-electron chi connectivity index (χ3n) is 3.49. The lowest BCUT2D eigenvalue weighted by Gasteiger charge is -2.19. The van der Waals surface area contributed by atoms with Gasteiger partial charge in [-0.15, -0.1) is 0 Å². The maximum absolute atomic E-state index is 9.85. The average Bonchev–Trinajstić information content (AvgIpc) is 2.44. The van der Waals surface area contributed by atoms with Gasteiger partial charge in [-0.3, -0.25) is 0 Å². The third-order valence-corrected chi connectivity index (χ3v) is 3.49. The fraction of sp³-hybridized carbons (Fsp3) is 0.600. The number of ether oxygens (including phenoxy) is 1. The Morgan fingerprint density at radius 1 is 1.05 bits per heavy atom. The summed E-state index contributed by atoms with van der Waals surface area (Å²) in [6.45, 7) is 1.81. The summed E-state index contributed by atoms with van der Waals surface area (Å²) >= 11 is 0. The Kier molecular flexibility index (Phi) is 5.63. The second kappa shape index (κ2) is 7.48. The van der Waals surface area contributed by atoms with Crippen LogP contribution in [-0.2, 0) is 6.42 Å². The molecule has 0 saturated heterocycles. The van der Waals surface area contributed by atoms with Crippen molar-refractivity contribution in [3.8, 4) is 5.75 Å². The van der Waals surface area contributed by atoms with Gasteiger partial charge in [-0.2, -0.15) is 0 Å². The summed E-state index contributed by atoms with van der Waals surface area (Å²) in [7, 11) is 0. The first kappa shape index (κ1) is 14.3. The summed E-state index contributed by atoms with van der Waals surface area (Å²) in [6, 6.07) is 7.92. The van der Waals surface area contributed by atoms with Gasteiger partial charge in [0.25, 0.3) is 0 Å². The molecule has 0 saturated carbocycles. The highest BCUT2D eigenvalue weighted by Gasteiger charge is 2.17. The second-order valence-electron chi connectivity index (χ2n) is 5.05. The highest BCUT2D eigenvalue weighted by molar-refractivity contribution is 5.33. The summed E-state index contributed by atoms with van der Waals surface area (Å²) < 4.78 is 5.65. The fourth-order valence-electron chi connectivity index (χ4n) is 2.27. The van der Waals surface area contributed by atoms with E-state index in [2.05, 4.69) is 11.4 Å². The van der Waals surface area contributed by atoms with Gasteiger partial charge in [-0.25, -0.2) is 0 Å². The quantitative estimate of drug-likeness (QED) is 0.657. The summed E-state index contributed by atoms with van der Waals surface area (Å²) in [5.41, 5.74) is 1.17. The van der Waals surface area contributed by atoms with Gasteiger partial charge in [-0.1, -0.05) is 18.2 Å². The van der Waals surface area contributed by atoms with Crippen LogP contribution in [0.2, 0.25) is 0 Å². The van der Waals surface area contributed by atoms with Crippen LogP contribution in [-0.4, -0.2) is 42.1 Å². The first-order valence-corrected chi connectivity index (χ1v) is 7.05. The van der Waals surface area contributed by atoms with E-state index in [1.807, 2.05) is 18.2 Å². The number of aliphatic hydroxyl groups excluding tert-OH is 2. The largest absolute Gasteiger partial charge is 0.491 e. The number of hydrogen-bond donors (Lipinski definition) is 3. The minimum Gasteiger partial charge on any atom is -0.491 e. The molecule has 3 N–H and O–H groups in total. The average molecular weight is 265 g/mol. The molecule has 4 heteroatoms. The molecule has 1 aromatic carbocycles. The van der Waals surface area contributed by atoms with Gasteiger partial charge in [0.2, 0.25) is 0 Å². The summed E-state index contributed by atoms with van der Waals surface area (Å²) in [5, 5.41) is 23.0. The molecule has 2 atom stereocenters. The van der Waals surface area contributed by atoms with Crippen molar-refractivity contribution in [3.63, 3.8) is 0 Å². The Balaban J connectivity index is 2.04. The summed E-state index contributed by atoms with van der Waals surface area (Å²) in [5.74, 6) is 0.820. The third kappa shape index (κ3) is 4.49. The predicted molar refractivity (Wildman–Crippen MR) is 74.4 cm³/mol. The molecular weight excluding hydrogens is 242 g/mol. The maximum atomic E-state index is 9.85. The number of rotatable bonds is 0. The van der Waals surface area contributed by atoms with Crippen molar-refractivity contribution in [1.29, 1.82) is 0 Å². The monoisotopic (exact) mass is 265 g/mol. The maximum Gasteiger partial charge on any atom is 0.122 e. The molecule has 19 heavy (non-hydrogen) atoms. The zero-order chi connectivity index (χ0) is 13.5. The van der Waals surface area contributed by atoms with Crippen LogP contribution in [0.5, 0.6) is 5.75 Å². The molecule has 0 fully saturated rings. The van der Waals surface area contributed by atoms with Crippen molar-refractivity contribution in [2.75, 3.05) is 19.7 Å². The number of hydrogen-bond acceptors (Lipinski definition) is 4. The number of benzene rings is 1. The lowest BCUT2D eigenvalue weighted by Crippen LogP contribution is -2.34. The zero-order valence-corrected chi connectivity index (χ0v) is 11.2. The van der Waals surface area contributed by atoms with E-state index in [4.69, 9.17) is 4.74 Å². The standard InChI is InChI=1S/C15H23NO3/c17-13-8-10-16-9-4-3-6-12-5-1-2-7-15(12)19-11-14(13)18/h1-2,5,7,13-14,16-18H,3-4,6,8-11H2/t13-,14+/m0/s1. The molecule has 0 spiro atoms. The van der Waals surface area contributed by atoms with Gasteiger partial charge >= 0.3 is 0 Å². The smallest absolute Gasteiger partial charge is 0.122 e. The van der Waals surface area contributed by atoms with Crippen LogP contribution in [0.1, 0.15) is 24.8 Å². The van der Waals surface area contributed by atoms with Gasteiger partial charge in [0.1, 0.15) is 18.5 Å². The minimum atomic E-state index is -0.837. The van der Waals surface area contributed by atoms with E-state index >= 15 is 0 Å². The Bertz CT molecular complexity index is 383. The highest BCUT2D eigenvalue weighted by Crippen LogP contribution is 2.20. The van der Waals surface area contributed by atoms with E-state index in [-0.39, 0.29) is 6.61 Å². The highest BCUT2D eigenvalue weighted by atomic mass is 16.5. The molecule has 0 aliphatic carbocycles. The molecule has 106 valence electrons. The number of aryl methyl sites for hydroxylation is 1. The number of nitrogens with one attached hydrogen (secondary N) is 1. The zero-order valence-electron chi connectivity index (χ0n) is 11.2. The molecule has 1 aliphatic heterocycles. The van der Waals surface area contributed by atoms with Crippen molar-refractivity contribution in [2.45, 2.75) is 37.9 Å². The topological polar surface area (TPSA) is 61.7 Å². The first-order chi connectivity index (χ1) is 9.27. The second-order valence-corrected chi connectivity index (χ2v) is 5.05. The van der Waals surface area contributed by atoms with Crippen molar-refractivity contribution >= 4 is 0 Å². The van der Waals surface area contributed by atoms with Crippen LogP contribution < -0.4 is 10.1 Å². The number of fused-ring (bicyclic) bond motifs is 1. The number of aliphatic hydroxyl groups is 2. The van der Waals surface area contributed by atoms with E-state index in [0.29, 0.717) is 6.42 Å². The summed E-state index contributed by atoms with van der Waals surface area (Å²) in [4.78, 5) is 0. The molecule has 2 rings (SSSR count). The van der Waals surface area contributed by atoms with Gasteiger partial charge in [0, 0.05) is 0 Å². The lowest BCUT2D eigenvalue weighted by atomic mass is 10.1. The molecule has 0 amide bonds. The minimum absolute atomic E-state index is 0.137. The van der Waals surface area contributed by atoms with E-state index in [1.165, 1.54) is 5.56 Å². The van der Waals surface area contributed by atoms with Crippen molar-refractivity contribution in [2.24, 2.45) is 0 Å². The van der Waals surface area contributed by atoms with Crippen LogP contribution in [0.15, 0.2) is 24.3 Å². The first-order valence-electron chi connectivity index (χ1n) is 7.05. The molecule has 0 aromatic heterocycles. The SMILES string of the molecule is O[C@@H]1COc2ccccc2CCCCNCC[C@@H]1O. The van der Waals surface area contributed by atoms with E-state index in [0.717, 1.165) is 38.1 Å². The van der Waals surface area contributed by atoms with Crippen molar-refractivity contribution in [3.05, 3.63) is 29.8 Å². The van der Waals surface area contributed by atoms with Crippen molar-refractivity contribution in [1.82, 2.24) is 5.32 Å². The van der Waals surface area contributed by atoms with E-state index in [9.17, 15) is 10.2 Å². The van der Waals surface area contributed by atoms with Gasteiger partial charge < -0.3 is 20.3 Å². The van der Waals surface area contributed by atoms with Gasteiger partial charge in [-0.05, 0) is 50.4 Å². The normalized spacial score (nSPS) is 26.2. The van der Waals surface area contributed by atoms with Crippen LogP contribution >= 0.6 is 0 Å². The van der Waals surface area contributed by atoms with Gasteiger partial charge in [0.15, 0.2) is 0 Å². The van der Waals surface area contributed by atoms with Crippen molar-refractivity contribution < 1.29 is 14.9 Å². The molecule has 1 aliphatic rings. The Hall–Kier alpha value is -1.10. The van der Waals surface area contributed by atoms with Gasteiger partial charge in [0.05, 0.1) is 6.10 Å². The van der Waals surface area contributed by atoms with E-state index in [1.54, 1.807) is 0 Å². The molecule has 4 nitrogen and oxygen atoms in total. The van der Waals surface area contributed by atoms with E-state index < -0.39 is 12.2 Å². The molecule has 0 bridgehead atoms. The molecule has 1 aromatic rings. The molecule has 0 radical (unpaired) electrons. The number of para-hydroxylation sites is 1. The molecule has 0 unspecified atom stereocenters. The van der Waals surface area contributed by atoms with Crippen LogP contribution in [0, 0.1) is 0 Å². The van der Waals surface area contributed by atoms with Crippen LogP contribution in [0.4, 0.5) is 0 Å².